The Morgan fingerprint density at radius 2 is 2.50 bits per heavy atom. The zero-order valence-electron chi connectivity index (χ0n) is 3.52. The summed E-state index contributed by atoms with van der Waals surface area (Å²) in [7, 11) is 0. The third-order valence-corrected chi connectivity index (χ3v) is 0.700. The number of rotatable bonds is 0. The zero-order chi connectivity index (χ0) is 4.24. The molecule has 0 heteroatoms. The molecule has 0 saturated heterocycles. The van der Waals surface area contributed by atoms with E-state index in [-0.39, 0.29) is 0 Å². The SMILES string of the molecule is [C]1=C[CH]CC=C1. The first kappa shape index (κ1) is 3.66. The molecule has 0 aliphatic heterocycles. The molecular formula is C6H6. The van der Waals surface area contributed by atoms with Gasteiger partial charge < -0.3 is 0 Å². The molecule has 0 spiro atoms. The maximum absolute atomic E-state index is 2.92. The van der Waals surface area contributed by atoms with E-state index in [1.165, 1.54) is 0 Å². The van der Waals surface area contributed by atoms with Gasteiger partial charge in [-0.15, -0.1) is 0 Å². The molecule has 0 atom stereocenters. The zero-order valence-corrected chi connectivity index (χ0v) is 3.52. The monoisotopic (exact) mass is 78.0 g/mol. The van der Waals surface area contributed by atoms with Crippen molar-refractivity contribution < 1.29 is 0 Å². The van der Waals surface area contributed by atoms with Crippen LogP contribution in [0.1, 0.15) is 6.42 Å². The van der Waals surface area contributed by atoms with Crippen LogP contribution < -0.4 is 0 Å². The summed E-state index contributed by atoms with van der Waals surface area (Å²) in [4.78, 5) is 0. The second-order valence-electron chi connectivity index (χ2n) is 1.21. The summed E-state index contributed by atoms with van der Waals surface area (Å²) >= 11 is 0. The van der Waals surface area contributed by atoms with Crippen LogP contribution in [0.4, 0.5) is 0 Å². The van der Waals surface area contributed by atoms with Crippen LogP contribution in [-0.4, -0.2) is 0 Å². The fourth-order valence-electron chi connectivity index (χ4n) is 0.406. The van der Waals surface area contributed by atoms with Gasteiger partial charge in [0.25, 0.3) is 0 Å². The van der Waals surface area contributed by atoms with E-state index in [9.17, 15) is 0 Å². The van der Waals surface area contributed by atoms with Gasteiger partial charge in [-0.1, -0.05) is 18.2 Å². The number of hydrogen-bond donors (Lipinski definition) is 0. The van der Waals surface area contributed by atoms with Gasteiger partial charge >= 0.3 is 0 Å². The van der Waals surface area contributed by atoms with Crippen molar-refractivity contribution in [1.82, 2.24) is 0 Å². The minimum absolute atomic E-state index is 1.08. The highest BCUT2D eigenvalue weighted by Crippen LogP contribution is 1.95. The Hall–Kier alpha value is -0.520. The standard InChI is InChI=1S/C6H6/c1-2-4-6-5-3-1/h1-2,5-6H,3H2. The first-order valence-electron chi connectivity index (χ1n) is 2.06. The summed E-state index contributed by atoms with van der Waals surface area (Å²) in [5.74, 6) is 0. The lowest BCUT2D eigenvalue weighted by Gasteiger charge is -1.87. The van der Waals surface area contributed by atoms with E-state index in [1.807, 2.05) is 12.2 Å². The van der Waals surface area contributed by atoms with Gasteiger partial charge in [-0.25, -0.2) is 0 Å². The van der Waals surface area contributed by atoms with Gasteiger partial charge in [0.1, 0.15) is 0 Å². The van der Waals surface area contributed by atoms with Gasteiger partial charge in [0.05, 0.1) is 0 Å². The average Bonchev–Trinajstić information content (AvgIpc) is 1.72. The van der Waals surface area contributed by atoms with Crippen molar-refractivity contribution in [2.75, 3.05) is 0 Å². The molecular weight excluding hydrogens is 72.1 g/mol. The Kier molecular flexibility index (Phi) is 1.10. The summed E-state index contributed by atoms with van der Waals surface area (Å²) in [5.41, 5.74) is 0. The molecule has 0 N–H and O–H groups in total. The molecule has 30 valence electrons. The highest BCUT2D eigenvalue weighted by molar-refractivity contribution is 5.09. The van der Waals surface area contributed by atoms with Crippen LogP contribution in [0.2, 0.25) is 0 Å². The van der Waals surface area contributed by atoms with Crippen LogP contribution in [-0.2, 0) is 0 Å². The molecule has 0 bridgehead atoms. The molecule has 0 aromatic carbocycles. The predicted molar refractivity (Wildman–Crippen MR) is 25.9 cm³/mol. The van der Waals surface area contributed by atoms with Gasteiger partial charge in [0.15, 0.2) is 0 Å². The summed E-state index contributed by atoms with van der Waals surface area (Å²) in [6.07, 6.45) is 12.0. The van der Waals surface area contributed by atoms with E-state index >= 15 is 0 Å². The molecule has 0 unspecified atom stereocenters. The van der Waals surface area contributed by atoms with E-state index in [1.54, 1.807) is 0 Å². The second-order valence-corrected chi connectivity index (χ2v) is 1.21. The third kappa shape index (κ3) is 0.713. The molecule has 6 heavy (non-hydrogen) atoms. The molecule has 0 heterocycles. The fraction of sp³-hybridized carbons (Fsp3) is 0.167. The number of hydrogen-bond acceptors (Lipinski definition) is 0. The van der Waals surface area contributed by atoms with Crippen molar-refractivity contribution in [2.45, 2.75) is 6.42 Å². The lowest BCUT2D eigenvalue weighted by atomic mass is 10.2. The molecule has 0 saturated carbocycles. The largest absolute Gasteiger partial charge is 0.0833 e. The van der Waals surface area contributed by atoms with Gasteiger partial charge in [-0.05, 0) is 18.9 Å². The Morgan fingerprint density at radius 3 is 2.67 bits per heavy atom. The van der Waals surface area contributed by atoms with Crippen molar-refractivity contribution >= 4 is 0 Å². The quantitative estimate of drug-likeness (QED) is 0.412. The molecule has 0 amide bonds. The first-order chi connectivity index (χ1) is 3.00. The van der Waals surface area contributed by atoms with Crippen molar-refractivity contribution in [3.8, 4) is 0 Å². The average molecular weight is 78.1 g/mol. The lowest BCUT2D eigenvalue weighted by molar-refractivity contribution is 1.26. The van der Waals surface area contributed by atoms with Crippen molar-refractivity contribution in [3.05, 3.63) is 30.7 Å². The Balaban J connectivity index is 2.46. The predicted octanol–water partition coefficient (Wildman–Crippen LogP) is 1.51. The normalized spacial score (nSPS) is 18.7. The van der Waals surface area contributed by atoms with Crippen LogP contribution in [0.3, 0.4) is 0 Å². The van der Waals surface area contributed by atoms with Crippen LogP contribution in [0, 0.1) is 12.5 Å². The van der Waals surface area contributed by atoms with Crippen LogP contribution in [0.5, 0.6) is 0 Å². The molecule has 0 fully saturated rings. The van der Waals surface area contributed by atoms with Crippen LogP contribution >= 0.6 is 0 Å². The molecule has 0 nitrogen and oxygen atoms in total. The second kappa shape index (κ2) is 1.81. The fourth-order valence-corrected chi connectivity index (χ4v) is 0.406. The molecule has 1 aliphatic rings. The van der Waals surface area contributed by atoms with E-state index in [4.69, 9.17) is 0 Å². The maximum Gasteiger partial charge on any atom is -0.0123 e. The van der Waals surface area contributed by atoms with Gasteiger partial charge in [0, 0.05) is 0 Å². The van der Waals surface area contributed by atoms with Crippen molar-refractivity contribution in [3.63, 3.8) is 0 Å². The van der Waals surface area contributed by atoms with E-state index in [0.29, 0.717) is 0 Å². The van der Waals surface area contributed by atoms with Crippen LogP contribution in [0.15, 0.2) is 18.2 Å². The lowest BCUT2D eigenvalue weighted by Crippen LogP contribution is -1.70. The van der Waals surface area contributed by atoms with Crippen molar-refractivity contribution in [1.29, 1.82) is 0 Å². The molecule has 0 aromatic heterocycles. The Labute approximate surface area is 38.2 Å². The summed E-state index contributed by atoms with van der Waals surface area (Å²) in [5, 5.41) is 0. The minimum atomic E-state index is 1.08. The number of allylic oxidation sites excluding steroid dienone is 4. The maximum atomic E-state index is 2.92. The Morgan fingerprint density at radius 1 is 1.50 bits per heavy atom. The highest BCUT2D eigenvalue weighted by atomic mass is 13.8. The molecule has 0 aromatic rings. The smallest absolute Gasteiger partial charge is 0.0123 e. The summed E-state index contributed by atoms with van der Waals surface area (Å²) < 4.78 is 0. The van der Waals surface area contributed by atoms with E-state index < -0.39 is 0 Å². The first-order valence-corrected chi connectivity index (χ1v) is 2.06. The summed E-state index contributed by atoms with van der Waals surface area (Å²) in [6, 6.07) is 0. The summed E-state index contributed by atoms with van der Waals surface area (Å²) in [6.45, 7) is 0. The topological polar surface area (TPSA) is 0 Å². The van der Waals surface area contributed by atoms with Crippen molar-refractivity contribution in [2.24, 2.45) is 0 Å². The highest BCUT2D eigenvalue weighted by Gasteiger charge is 1.78. The third-order valence-electron chi connectivity index (χ3n) is 0.700. The minimum Gasteiger partial charge on any atom is -0.0833 e. The van der Waals surface area contributed by atoms with E-state index in [2.05, 4.69) is 18.6 Å². The van der Waals surface area contributed by atoms with Gasteiger partial charge in [-0.3, -0.25) is 0 Å². The van der Waals surface area contributed by atoms with E-state index in [0.717, 1.165) is 6.42 Å². The Bertz CT molecular complexity index is 66.0. The van der Waals surface area contributed by atoms with Gasteiger partial charge in [0.2, 0.25) is 0 Å². The van der Waals surface area contributed by atoms with Crippen LogP contribution in [0.25, 0.3) is 0 Å². The van der Waals surface area contributed by atoms with Gasteiger partial charge in [-0.2, -0.15) is 0 Å². The molecule has 1 rings (SSSR count). The molecule has 2 radical (unpaired) electrons. The molecule has 1 aliphatic carbocycles.